The molecule has 2 atom stereocenters. The minimum absolute atomic E-state index is 0.0263. The van der Waals surface area contributed by atoms with E-state index >= 15 is 0 Å². The first-order valence-electron chi connectivity index (χ1n) is 3.60. The van der Waals surface area contributed by atoms with Crippen LogP contribution in [0.1, 0.15) is 27.2 Å². The van der Waals surface area contributed by atoms with Crippen molar-refractivity contribution in [1.82, 2.24) is 0 Å². The summed E-state index contributed by atoms with van der Waals surface area (Å²) in [5.41, 5.74) is 5.47. The molecular formula is C7H17NO2. The summed E-state index contributed by atoms with van der Waals surface area (Å²) in [6, 6.07) is -0.0263. The van der Waals surface area contributed by atoms with Gasteiger partial charge in [0.2, 0.25) is 0 Å². The zero-order valence-electron chi connectivity index (χ0n) is 6.92. The monoisotopic (exact) mass is 147 g/mol. The van der Waals surface area contributed by atoms with Crippen molar-refractivity contribution in [3.05, 3.63) is 0 Å². The first kappa shape index (κ1) is 9.88. The lowest BCUT2D eigenvalue weighted by molar-refractivity contribution is -0.192. The molecule has 0 aromatic heterocycles. The highest BCUT2D eigenvalue weighted by atomic mass is 16.6. The van der Waals surface area contributed by atoms with Crippen molar-refractivity contribution in [3.8, 4) is 0 Å². The van der Waals surface area contributed by atoms with Gasteiger partial charge in [0.05, 0.1) is 0 Å². The van der Waals surface area contributed by atoms with Crippen LogP contribution >= 0.6 is 0 Å². The van der Waals surface area contributed by atoms with Crippen LogP contribution in [0.3, 0.4) is 0 Å². The molecule has 0 spiro atoms. The minimum Gasteiger partial charge on any atom is -0.366 e. The predicted molar refractivity (Wildman–Crippen MR) is 40.5 cm³/mol. The molecule has 0 aliphatic rings. The molecule has 3 N–H and O–H groups in total. The molecule has 0 saturated carbocycles. The first-order valence-corrected chi connectivity index (χ1v) is 3.60. The van der Waals surface area contributed by atoms with Crippen LogP contribution in [0, 0.1) is 0 Å². The molecule has 0 saturated heterocycles. The molecule has 0 bridgehead atoms. The number of hydrogen-bond donors (Lipinski definition) is 2. The van der Waals surface area contributed by atoms with Gasteiger partial charge in [-0.15, -0.1) is 0 Å². The summed E-state index contributed by atoms with van der Waals surface area (Å²) in [5.74, 6) is -1.05. The first-order chi connectivity index (χ1) is 4.48. The Morgan fingerprint density at radius 3 is 2.50 bits per heavy atom. The molecule has 0 rings (SSSR count). The molecule has 0 radical (unpaired) electrons. The highest BCUT2D eigenvalue weighted by molar-refractivity contribution is 4.66. The second-order valence-corrected chi connectivity index (χ2v) is 2.79. The smallest absolute Gasteiger partial charge is 0.164 e. The van der Waals surface area contributed by atoms with Crippen LogP contribution < -0.4 is 5.73 Å². The van der Waals surface area contributed by atoms with Crippen molar-refractivity contribution in [2.24, 2.45) is 5.73 Å². The Balaban J connectivity index is 3.63. The lowest BCUT2D eigenvalue weighted by atomic mass is 10.1. The number of aliphatic hydroxyl groups is 1. The maximum Gasteiger partial charge on any atom is 0.164 e. The lowest BCUT2D eigenvalue weighted by Crippen LogP contribution is -2.35. The van der Waals surface area contributed by atoms with Crippen molar-refractivity contribution >= 4 is 0 Å². The van der Waals surface area contributed by atoms with E-state index in [-0.39, 0.29) is 6.04 Å². The molecule has 10 heavy (non-hydrogen) atoms. The van der Waals surface area contributed by atoms with Crippen molar-refractivity contribution < 1.29 is 9.84 Å². The second kappa shape index (κ2) is 3.91. The molecule has 0 fully saturated rings. The molecule has 1 unspecified atom stereocenters. The van der Waals surface area contributed by atoms with Gasteiger partial charge in [-0.05, 0) is 20.8 Å². The normalized spacial score (nSPS) is 20.1. The predicted octanol–water partition coefficient (Wildman–Crippen LogP) is 0.469. The zero-order valence-corrected chi connectivity index (χ0v) is 6.92. The zero-order chi connectivity index (χ0) is 8.20. The Labute approximate surface area is 62.2 Å². The van der Waals surface area contributed by atoms with Gasteiger partial charge in [-0.25, -0.2) is 0 Å². The van der Waals surface area contributed by atoms with Gasteiger partial charge in [0.25, 0.3) is 0 Å². The number of ether oxygens (including phenoxy) is 1. The minimum atomic E-state index is -1.05. The fourth-order valence-electron chi connectivity index (χ4n) is 0.967. The molecule has 0 aromatic rings. The van der Waals surface area contributed by atoms with E-state index in [0.717, 1.165) is 0 Å². The van der Waals surface area contributed by atoms with Gasteiger partial charge < -0.3 is 15.6 Å². The molecule has 3 nitrogen and oxygen atoms in total. The Kier molecular flexibility index (Phi) is 3.86. The van der Waals surface area contributed by atoms with Crippen LogP contribution in [0.2, 0.25) is 0 Å². The number of nitrogens with two attached hydrogens (primary N) is 1. The van der Waals surface area contributed by atoms with Gasteiger partial charge in [0.1, 0.15) is 0 Å². The van der Waals surface area contributed by atoms with Crippen molar-refractivity contribution in [1.29, 1.82) is 0 Å². The van der Waals surface area contributed by atoms with Gasteiger partial charge >= 0.3 is 0 Å². The highest BCUT2D eigenvalue weighted by Crippen LogP contribution is 2.11. The van der Waals surface area contributed by atoms with Crippen molar-refractivity contribution in [2.45, 2.75) is 39.0 Å². The van der Waals surface area contributed by atoms with E-state index in [9.17, 15) is 5.11 Å². The third-order valence-corrected chi connectivity index (χ3v) is 1.16. The Morgan fingerprint density at radius 2 is 2.20 bits per heavy atom. The molecule has 0 aliphatic heterocycles. The van der Waals surface area contributed by atoms with Crippen LogP contribution in [-0.4, -0.2) is 23.5 Å². The molecule has 3 heteroatoms. The Hall–Kier alpha value is -0.120. The maximum absolute atomic E-state index is 9.38. The molecule has 0 amide bonds. The lowest BCUT2D eigenvalue weighted by Gasteiger charge is -2.24. The SMILES string of the molecule is CCO[C@](C)(O)CC(C)N. The van der Waals surface area contributed by atoms with Gasteiger partial charge in [-0.2, -0.15) is 0 Å². The third kappa shape index (κ3) is 4.73. The van der Waals surface area contributed by atoms with Crippen LogP contribution in [0.25, 0.3) is 0 Å². The van der Waals surface area contributed by atoms with Crippen LogP contribution in [0.15, 0.2) is 0 Å². The summed E-state index contributed by atoms with van der Waals surface area (Å²) >= 11 is 0. The number of rotatable bonds is 4. The average molecular weight is 147 g/mol. The van der Waals surface area contributed by atoms with Crippen LogP contribution in [0.4, 0.5) is 0 Å². The summed E-state index contributed by atoms with van der Waals surface area (Å²) < 4.78 is 5.02. The van der Waals surface area contributed by atoms with Gasteiger partial charge in [-0.1, -0.05) is 0 Å². The summed E-state index contributed by atoms with van der Waals surface area (Å²) in [5, 5.41) is 9.38. The second-order valence-electron chi connectivity index (χ2n) is 2.79. The molecule has 0 heterocycles. The topological polar surface area (TPSA) is 55.5 Å². The van der Waals surface area contributed by atoms with Gasteiger partial charge in [-0.3, -0.25) is 0 Å². The van der Waals surface area contributed by atoms with Gasteiger partial charge in [0, 0.05) is 19.1 Å². The molecular weight excluding hydrogens is 130 g/mol. The van der Waals surface area contributed by atoms with Crippen molar-refractivity contribution in [2.75, 3.05) is 6.61 Å². The van der Waals surface area contributed by atoms with Crippen LogP contribution in [0.5, 0.6) is 0 Å². The van der Waals surface area contributed by atoms with Crippen molar-refractivity contribution in [3.63, 3.8) is 0 Å². The Bertz CT molecular complexity index is 91.6. The summed E-state index contributed by atoms with van der Waals surface area (Å²) in [7, 11) is 0. The highest BCUT2D eigenvalue weighted by Gasteiger charge is 2.21. The molecule has 0 aliphatic carbocycles. The Morgan fingerprint density at radius 1 is 1.70 bits per heavy atom. The standard InChI is InChI=1S/C7H17NO2/c1-4-10-7(3,9)5-6(2)8/h6,9H,4-5,8H2,1-3H3/t6?,7-/m0/s1. The summed E-state index contributed by atoms with van der Waals surface area (Å²) in [4.78, 5) is 0. The van der Waals surface area contributed by atoms with E-state index in [0.29, 0.717) is 13.0 Å². The van der Waals surface area contributed by atoms with E-state index < -0.39 is 5.79 Å². The fourth-order valence-corrected chi connectivity index (χ4v) is 0.967. The largest absolute Gasteiger partial charge is 0.366 e. The van der Waals surface area contributed by atoms with E-state index in [2.05, 4.69) is 0 Å². The summed E-state index contributed by atoms with van der Waals surface area (Å²) in [6.07, 6.45) is 0.473. The molecule has 0 aromatic carbocycles. The van der Waals surface area contributed by atoms with E-state index in [1.54, 1.807) is 6.92 Å². The van der Waals surface area contributed by atoms with E-state index in [4.69, 9.17) is 10.5 Å². The van der Waals surface area contributed by atoms with E-state index in [1.165, 1.54) is 0 Å². The maximum atomic E-state index is 9.38. The summed E-state index contributed by atoms with van der Waals surface area (Å²) in [6.45, 7) is 5.82. The number of hydrogen-bond acceptors (Lipinski definition) is 3. The fraction of sp³-hybridized carbons (Fsp3) is 1.00. The third-order valence-electron chi connectivity index (χ3n) is 1.16. The van der Waals surface area contributed by atoms with E-state index in [1.807, 2.05) is 13.8 Å². The molecule has 62 valence electrons. The van der Waals surface area contributed by atoms with Gasteiger partial charge in [0.15, 0.2) is 5.79 Å². The average Bonchev–Trinajstić information content (AvgIpc) is 1.59. The quantitative estimate of drug-likeness (QED) is 0.568. The van der Waals surface area contributed by atoms with Crippen LogP contribution in [-0.2, 0) is 4.74 Å².